The highest BCUT2D eigenvalue weighted by molar-refractivity contribution is 5.79. The maximum absolute atomic E-state index is 11.6. The van der Waals surface area contributed by atoms with Crippen molar-refractivity contribution in [2.45, 2.75) is 26.4 Å². The number of carbonyl (C=O) groups is 2. The first kappa shape index (κ1) is 14.0. The number of esters is 1. The topological polar surface area (TPSA) is 73.2 Å². The largest absolute Gasteiger partial charge is 0.468 e. The molecule has 0 spiro atoms. The van der Waals surface area contributed by atoms with E-state index >= 15 is 0 Å². The van der Waals surface area contributed by atoms with E-state index in [0.717, 1.165) is 11.0 Å². The van der Waals surface area contributed by atoms with Crippen LogP contribution in [-0.2, 0) is 20.9 Å². The van der Waals surface area contributed by atoms with Gasteiger partial charge in [-0.2, -0.15) is 0 Å². The number of imidazole rings is 1. The molecule has 0 saturated carbocycles. The van der Waals surface area contributed by atoms with E-state index in [1.54, 1.807) is 4.57 Å². The third kappa shape index (κ3) is 2.79. The molecule has 0 radical (unpaired) electrons. The third-order valence-electron chi connectivity index (χ3n) is 3.01. The second kappa shape index (κ2) is 5.73. The van der Waals surface area contributed by atoms with Crippen molar-refractivity contribution < 1.29 is 14.3 Å². The van der Waals surface area contributed by atoms with Crippen molar-refractivity contribution in [3.05, 3.63) is 30.1 Å². The summed E-state index contributed by atoms with van der Waals surface area (Å²) in [5.41, 5.74) is 1.62. The van der Waals surface area contributed by atoms with Gasteiger partial charge in [-0.1, -0.05) is 12.1 Å². The van der Waals surface area contributed by atoms with E-state index in [-0.39, 0.29) is 24.5 Å². The van der Waals surface area contributed by atoms with E-state index in [9.17, 15) is 9.59 Å². The summed E-state index contributed by atoms with van der Waals surface area (Å²) in [5.74, 6) is 0.130. The SMILES string of the molecule is COC(=O)Cn1c(C(C)NC(C)=O)nc2ccccc21. The molecule has 6 heteroatoms. The number of methoxy groups -OCH3 is 1. The van der Waals surface area contributed by atoms with E-state index in [4.69, 9.17) is 4.74 Å². The molecule has 1 aromatic heterocycles. The maximum atomic E-state index is 11.6. The highest BCUT2D eigenvalue weighted by Gasteiger charge is 2.19. The second-order valence-electron chi connectivity index (χ2n) is 4.54. The smallest absolute Gasteiger partial charge is 0.325 e. The zero-order chi connectivity index (χ0) is 14.7. The number of para-hydroxylation sites is 2. The number of aromatic nitrogens is 2. The first-order valence-corrected chi connectivity index (χ1v) is 6.32. The Kier molecular flexibility index (Phi) is 4.02. The number of hydrogen-bond donors (Lipinski definition) is 1. The Bertz CT molecular complexity index is 648. The van der Waals surface area contributed by atoms with Crippen molar-refractivity contribution in [1.29, 1.82) is 0 Å². The molecule has 1 N–H and O–H groups in total. The monoisotopic (exact) mass is 275 g/mol. The van der Waals surface area contributed by atoms with Crippen LogP contribution >= 0.6 is 0 Å². The summed E-state index contributed by atoms with van der Waals surface area (Å²) < 4.78 is 6.48. The van der Waals surface area contributed by atoms with Crippen LogP contribution in [0, 0.1) is 0 Å². The van der Waals surface area contributed by atoms with Gasteiger partial charge in [-0.05, 0) is 19.1 Å². The average Bonchev–Trinajstić information content (AvgIpc) is 2.77. The molecule has 1 aromatic carbocycles. The van der Waals surface area contributed by atoms with Gasteiger partial charge in [0.15, 0.2) is 0 Å². The van der Waals surface area contributed by atoms with Crippen LogP contribution in [0.25, 0.3) is 11.0 Å². The molecular weight excluding hydrogens is 258 g/mol. The zero-order valence-corrected chi connectivity index (χ0v) is 11.7. The molecule has 106 valence electrons. The molecule has 0 saturated heterocycles. The minimum absolute atomic E-state index is 0.0657. The van der Waals surface area contributed by atoms with Gasteiger partial charge in [-0.3, -0.25) is 9.59 Å². The molecule has 1 heterocycles. The van der Waals surface area contributed by atoms with Gasteiger partial charge >= 0.3 is 5.97 Å². The van der Waals surface area contributed by atoms with E-state index < -0.39 is 0 Å². The van der Waals surface area contributed by atoms with E-state index in [2.05, 4.69) is 10.3 Å². The normalized spacial score (nSPS) is 12.2. The predicted molar refractivity (Wildman–Crippen MR) is 74.0 cm³/mol. The van der Waals surface area contributed by atoms with Gasteiger partial charge in [-0.15, -0.1) is 0 Å². The maximum Gasteiger partial charge on any atom is 0.325 e. The van der Waals surface area contributed by atoms with Gasteiger partial charge < -0.3 is 14.6 Å². The van der Waals surface area contributed by atoms with Gasteiger partial charge in [0.25, 0.3) is 0 Å². The standard InChI is InChI=1S/C14H17N3O3/c1-9(15-10(2)18)14-16-11-6-4-5-7-12(11)17(14)8-13(19)20-3/h4-7,9H,8H2,1-3H3,(H,15,18). The fourth-order valence-corrected chi connectivity index (χ4v) is 2.15. The number of ether oxygens (including phenoxy) is 1. The summed E-state index contributed by atoms with van der Waals surface area (Å²) in [6.45, 7) is 3.34. The molecule has 0 aliphatic heterocycles. The molecule has 1 unspecified atom stereocenters. The molecular formula is C14H17N3O3. The van der Waals surface area contributed by atoms with Crippen LogP contribution in [0.2, 0.25) is 0 Å². The lowest BCUT2D eigenvalue weighted by molar-refractivity contribution is -0.141. The highest BCUT2D eigenvalue weighted by Crippen LogP contribution is 2.20. The molecule has 0 fully saturated rings. The lowest BCUT2D eigenvalue weighted by Crippen LogP contribution is -2.27. The Morgan fingerprint density at radius 3 is 2.75 bits per heavy atom. The summed E-state index contributed by atoms with van der Waals surface area (Å²) in [5, 5.41) is 2.78. The van der Waals surface area contributed by atoms with Gasteiger partial charge in [0.2, 0.25) is 5.91 Å². The Hall–Kier alpha value is -2.37. The molecule has 0 bridgehead atoms. The number of fused-ring (bicyclic) bond motifs is 1. The molecule has 1 atom stereocenters. The van der Waals surface area contributed by atoms with E-state index in [1.165, 1.54) is 14.0 Å². The van der Waals surface area contributed by atoms with Gasteiger partial charge in [0, 0.05) is 6.92 Å². The third-order valence-corrected chi connectivity index (χ3v) is 3.01. The molecule has 0 aliphatic rings. The molecule has 2 rings (SSSR count). The number of rotatable bonds is 4. The number of amides is 1. The molecule has 2 aromatic rings. The first-order chi connectivity index (χ1) is 9.52. The number of benzene rings is 1. The van der Waals surface area contributed by atoms with Crippen molar-refractivity contribution in [3.63, 3.8) is 0 Å². The molecule has 6 nitrogen and oxygen atoms in total. The van der Waals surface area contributed by atoms with Crippen molar-refractivity contribution in [2.24, 2.45) is 0 Å². The molecule has 20 heavy (non-hydrogen) atoms. The van der Waals surface area contributed by atoms with Crippen molar-refractivity contribution in [2.75, 3.05) is 7.11 Å². The predicted octanol–water partition coefficient (Wildman–Crippen LogP) is 1.41. The van der Waals surface area contributed by atoms with Crippen LogP contribution in [0.5, 0.6) is 0 Å². The van der Waals surface area contributed by atoms with Crippen molar-refractivity contribution in [3.8, 4) is 0 Å². The van der Waals surface area contributed by atoms with E-state index in [1.807, 2.05) is 31.2 Å². The molecule has 0 aliphatic carbocycles. The number of carbonyl (C=O) groups excluding carboxylic acids is 2. The van der Waals surface area contributed by atoms with Crippen LogP contribution in [0.1, 0.15) is 25.7 Å². The minimum Gasteiger partial charge on any atom is -0.468 e. The fourth-order valence-electron chi connectivity index (χ4n) is 2.15. The Balaban J connectivity index is 2.48. The Morgan fingerprint density at radius 1 is 1.40 bits per heavy atom. The molecule has 1 amide bonds. The Labute approximate surface area is 116 Å². The number of hydrogen-bond acceptors (Lipinski definition) is 4. The quantitative estimate of drug-likeness (QED) is 0.856. The number of nitrogens with one attached hydrogen (secondary N) is 1. The Morgan fingerprint density at radius 2 is 2.10 bits per heavy atom. The zero-order valence-electron chi connectivity index (χ0n) is 11.7. The van der Waals surface area contributed by atoms with Crippen LogP contribution in [0.4, 0.5) is 0 Å². The average molecular weight is 275 g/mol. The minimum atomic E-state index is -0.357. The van der Waals surface area contributed by atoms with Crippen molar-refractivity contribution in [1.82, 2.24) is 14.9 Å². The van der Waals surface area contributed by atoms with Gasteiger partial charge in [0.05, 0.1) is 24.2 Å². The first-order valence-electron chi connectivity index (χ1n) is 6.32. The van der Waals surface area contributed by atoms with E-state index in [0.29, 0.717) is 5.82 Å². The lowest BCUT2D eigenvalue weighted by atomic mass is 10.3. The van der Waals surface area contributed by atoms with Crippen LogP contribution in [0.15, 0.2) is 24.3 Å². The summed E-state index contributed by atoms with van der Waals surface area (Å²) >= 11 is 0. The summed E-state index contributed by atoms with van der Waals surface area (Å²) in [7, 11) is 1.35. The fraction of sp³-hybridized carbons (Fsp3) is 0.357. The van der Waals surface area contributed by atoms with Crippen molar-refractivity contribution >= 4 is 22.9 Å². The van der Waals surface area contributed by atoms with Crippen LogP contribution < -0.4 is 5.32 Å². The highest BCUT2D eigenvalue weighted by atomic mass is 16.5. The van der Waals surface area contributed by atoms with Crippen LogP contribution in [-0.4, -0.2) is 28.5 Å². The van der Waals surface area contributed by atoms with Crippen LogP contribution in [0.3, 0.4) is 0 Å². The summed E-state index contributed by atoms with van der Waals surface area (Å²) in [4.78, 5) is 27.2. The number of nitrogens with zero attached hydrogens (tertiary/aromatic N) is 2. The van der Waals surface area contributed by atoms with Gasteiger partial charge in [-0.25, -0.2) is 4.98 Å². The van der Waals surface area contributed by atoms with Gasteiger partial charge in [0.1, 0.15) is 12.4 Å². The lowest BCUT2D eigenvalue weighted by Gasteiger charge is -2.14. The summed E-state index contributed by atoms with van der Waals surface area (Å²) in [6, 6.07) is 7.22. The summed E-state index contributed by atoms with van der Waals surface area (Å²) in [6.07, 6.45) is 0. The second-order valence-corrected chi connectivity index (χ2v) is 4.54.